The molecule has 0 radical (unpaired) electrons. The number of pyridine rings is 1. The zero-order valence-electron chi connectivity index (χ0n) is 23.2. The molecule has 1 saturated carbocycles. The Labute approximate surface area is 226 Å². The molecule has 1 fully saturated rings. The van der Waals surface area contributed by atoms with Crippen LogP contribution >= 0.6 is 0 Å². The predicted octanol–water partition coefficient (Wildman–Crippen LogP) is 4.61. The molecular weight excluding hydrogens is 480 g/mol. The first kappa shape index (κ1) is 28.0. The largest absolute Gasteiger partial charge is 0.491 e. The molecular formula is C30H42N4O4. The van der Waals surface area contributed by atoms with Gasteiger partial charge in [0.1, 0.15) is 12.4 Å². The van der Waals surface area contributed by atoms with Gasteiger partial charge in [-0.15, -0.1) is 0 Å². The van der Waals surface area contributed by atoms with E-state index in [4.69, 9.17) is 9.47 Å². The van der Waals surface area contributed by atoms with Gasteiger partial charge in [0.05, 0.1) is 11.7 Å². The van der Waals surface area contributed by atoms with Crippen molar-refractivity contribution >= 4 is 17.5 Å². The highest BCUT2D eigenvalue weighted by Crippen LogP contribution is 2.29. The van der Waals surface area contributed by atoms with Crippen LogP contribution in [0.2, 0.25) is 0 Å². The number of hydrogen-bond donors (Lipinski definition) is 1. The molecule has 0 spiro atoms. The van der Waals surface area contributed by atoms with E-state index < -0.39 is 0 Å². The normalized spacial score (nSPS) is 24.1. The van der Waals surface area contributed by atoms with E-state index in [1.807, 2.05) is 12.3 Å². The minimum absolute atomic E-state index is 0.0486. The molecule has 8 nitrogen and oxygen atoms in total. The van der Waals surface area contributed by atoms with Crippen molar-refractivity contribution in [1.82, 2.24) is 14.8 Å². The summed E-state index contributed by atoms with van der Waals surface area (Å²) in [5.74, 6) is 0.645. The Balaban J connectivity index is 1.59. The Bertz CT molecular complexity index is 1070. The highest BCUT2D eigenvalue weighted by atomic mass is 16.5. The second-order valence-corrected chi connectivity index (χ2v) is 10.9. The van der Waals surface area contributed by atoms with E-state index in [2.05, 4.69) is 35.1 Å². The van der Waals surface area contributed by atoms with Crippen LogP contribution in [0.4, 0.5) is 5.69 Å². The van der Waals surface area contributed by atoms with Gasteiger partial charge in [-0.25, -0.2) is 0 Å². The SMILES string of the molecule is CO[C@H]1CN(C)C(=O)c2ccc(NC(=O)C3CCCCC3)cc2OC[C@H](C)N(Cc2cccnc2)C[C@H]1C. The first-order chi connectivity index (χ1) is 18.4. The summed E-state index contributed by atoms with van der Waals surface area (Å²) >= 11 is 0. The van der Waals surface area contributed by atoms with E-state index in [1.54, 1.807) is 43.5 Å². The molecule has 4 rings (SSSR count). The summed E-state index contributed by atoms with van der Waals surface area (Å²) in [6, 6.07) is 9.46. The average Bonchev–Trinajstić information content (AvgIpc) is 2.94. The van der Waals surface area contributed by atoms with Gasteiger partial charge >= 0.3 is 0 Å². The maximum absolute atomic E-state index is 13.5. The highest BCUT2D eigenvalue weighted by Gasteiger charge is 2.29. The van der Waals surface area contributed by atoms with Crippen molar-refractivity contribution in [3.63, 3.8) is 0 Å². The maximum Gasteiger partial charge on any atom is 0.257 e. The third kappa shape index (κ3) is 7.11. The van der Waals surface area contributed by atoms with Gasteiger partial charge in [0, 0.05) is 69.9 Å². The molecule has 1 aliphatic carbocycles. The number of aromatic nitrogens is 1. The second kappa shape index (κ2) is 13.2. The summed E-state index contributed by atoms with van der Waals surface area (Å²) in [4.78, 5) is 34.7. The number of nitrogens with one attached hydrogen (secondary N) is 1. The van der Waals surface area contributed by atoms with E-state index in [1.165, 1.54) is 6.42 Å². The van der Waals surface area contributed by atoms with E-state index in [0.717, 1.165) is 44.3 Å². The lowest BCUT2D eigenvalue weighted by Gasteiger charge is -2.36. The number of carbonyl (C=O) groups excluding carboxylic acids is 2. The van der Waals surface area contributed by atoms with Gasteiger partial charge in [-0.3, -0.25) is 19.5 Å². The van der Waals surface area contributed by atoms with Gasteiger partial charge in [0.2, 0.25) is 5.91 Å². The summed E-state index contributed by atoms with van der Waals surface area (Å²) in [6.45, 7) is 6.68. The van der Waals surface area contributed by atoms with Crippen molar-refractivity contribution in [3.05, 3.63) is 53.9 Å². The number of fused-ring (bicyclic) bond motifs is 1. The maximum atomic E-state index is 13.5. The van der Waals surface area contributed by atoms with Crippen LogP contribution < -0.4 is 10.1 Å². The van der Waals surface area contributed by atoms with E-state index in [0.29, 0.717) is 30.2 Å². The van der Waals surface area contributed by atoms with Crippen LogP contribution in [0.1, 0.15) is 61.9 Å². The molecule has 38 heavy (non-hydrogen) atoms. The fraction of sp³-hybridized carbons (Fsp3) is 0.567. The second-order valence-electron chi connectivity index (χ2n) is 10.9. The van der Waals surface area contributed by atoms with E-state index >= 15 is 0 Å². The van der Waals surface area contributed by atoms with E-state index in [9.17, 15) is 9.59 Å². The topological polar surface area (TPSA) is 84.0 Å². The van der Waals surface area contributed by atoms with Crippen LogP contribution in [0.25, 0.3) is 0 Å². The lowest BCUT2D eigenvalue weighted by atomic mass is 9.88. The summed E-state index contributed by atoms with van der Waals surface area (Å²) in [6.07, 6.45) is 8.81. The van der Waals surface area contributed by atoms with E-state index in [-0.39, 0.29) is 35.8 Å². The fourth-order valence-electron chi connectivity index (χ4n) is 5.48. The highest BCUT2D eigenvalue weighted by molar-refractivity contribution is 5.98. The quantitative estimate of drug-likeness (QED) is 0.618. The summed E-state index contributed by atoms with van der Waals surface area (Å²) in [7, 11) is 3.50. The van der Waals surface area contributed by atoms with Crippen molar-refractivity contribution in [3.8, 4) is 5.75 Å². The summed E-state index contributed by atoms with van der Waals surface area (Å²) < 4.78 is 12.2. The monoisotopic (exact) mass is 522 g/mol. The minimum Gasteiger partial charge on any atom is -0.491 e. The lowest BCUT2D eigenvalue weighted by Crippen LogP contribution is -2.46. The number of anilines is 1. The van der Waals surface area contributed by atoms with Crippen molar-refractivity contribution in [2.75, 3.05) is 39.2 Å². The first-order valence-corrected chi connectivity index (χ1v) is 13.8. The zero-order chi connectivity index (χ0) is 27.1. The molecule has 1 aromatic carbocycles. The number of likely N-dealkylation sites (N-methyl/N-ethyl adjacent to an activating group) is 1. The Morgan fingerprint density at radius 1 is 1.16 bits per heavy atom. The molecule has 3 atom stereocenters. The third-order valence-electron chi connectivity index (χ3n) is 7.93. The Morgan fingerprint density at radius 3 is 2.66 bits per heavy atom. The number of carbonyl (C=O) groups is 2. The van der Waals surface area contributed by atoms with Crippen LogP contribution in [-0.2, 0) is 16.1 Å². The minimum atomic E-state index is -0.125. The predicted molar refractivity (Wildman–Crippen MR) is 148 cm³/mol. The van der Waals surface area contributed by atoms with Crippen LogP contribution in [0.5, 0.6) is 5.75 Å². The molecule has 0 unspecified atom stereocenters. The van der Waals surface area contributed by atoms with Crippen molar-refractivity contribution in [2.24, 2.45) is 11.8 Å². The fourth-order valence-corrected chi connectivity index (χ4v) is 5.48. The number of rotatable bonds is 5. The molecule has 0 bridgehead atoms. The molecule has 1 aliphatic heterocycles. The average molecular weight is 523 g/mol. The molecule has 2 aromatic rings. The lowest BCUT2D eigenvalue weighted by molar-refractivity contribution is -0.120. The molecule has 2 amide bonds. The molecule has 0 saturated heterocycles. The smallest absolute Gasteiger partial charge is 0.257 e. The summed E-state index contributed by atoms with van der Waals surface area (Å²) in [5.41, 5.74) is 2.27. The Morgan fingerprint density at radius 2 is 1.95 bits per heavy atom. The standard InChI is InChI=1S/C30H42N4O4/c1-21-17-34(18-23-9-8-14-31-16-23)22(2)20-38-27-15-25(32-29(35)24-10-6-5-7-11-24)12-13-26(27)30(36)33(3)19-28(21)37-4/h8-9,12-16,21-22,24,28H,5-7,10-11,17-20H2,1-4H3,(H,32,35)/t21-,22+,28+/m1/s1. The van der Waals surface area contributed by atoms with Gasteiger partial charge in [-0.05, 0) is 49.4 Å². The van der Waals surface area contributed by atoms with Gasteiger partial charge in [-0.1, -0.05) is 32.3 Å². The van der Waals surface area contributed by atoms with Crippen LogP contribution in [0, 0.1) is 11.8 Å². The molecule has 2 aliphatic rings. The number of ether oxygens (including phenoxy) is 2. The number of hydrogen-bond acceptors (Lipinski definition) is 6. The molecule has 1 N–H and O–H groups in total. The molecule has 2 heterocycles. The van der Waals surface area contributed by atoms with Crippen molar-refractivity contribution in [2.45, 2.75) is 64.6 Å². The molecule has 8 heteroatoms. The van der Waals surface area contributed by atoms with Gasteiger partial charge in [-0.2, -0.15) is 0 Å². The number of amides is 2. The first-order valence-electron chi connectivity index (χ1n) is 13.8. The Kier molecular flexibility index (Phi) is 9.74. The Hall–Kier alpha value is -2.97. The van der Waals surface area contributed by atoms with Crippen molar-refractivity contribution < 1.29 is 19.1 Å². The number of nitrogens with zero attached hydrogens (tertiary/aromatic N) is 3. The van der Waals surface area contributed by atoms with Crippen LogP contribution in [0.15, 0.2) is 42.7 Å². The summed E-state index contributed by atoms with van der Waals surface area (Å²) in [5, 5.41) is 3.07. The van der Waals surface area contributed by atoms with Gasteiger partial charge in [0.25, 0.3) is 5.91 Å². The number of methoxy groups -OCH3 is 1. The molecule has 1 aromatic heterocycles. The van der Waals surface area contributed by atoms with Crippen LogP contribution in [0.3, 0.4) is 0 Å². The van der Waals surface area contributed by atoms with Gasteiger partial charge < -0.3 is 19.7 Å². The number of benzene rings is 1. The third-order valence-corrected chi connectivity index (χ3v) is 7.93. The van der Waals surface area contributed by atoms with Gasteiger partial charge in [0.15, 0.2) is 0 Å². The zero-order valence-corrected chi connectivity index (χ0v) is 23.2. The van der Waals surface area contributed by atoms with Crippen LogP contribution in [-0.4, -0.2) is 72.6 Å². The molecule has 206 valence electrons. The van der Waals surface area contributed by atoms with Crippen molar-refractivity contribution in [1.29, 1.82) is 0 Å².